The summed E-state index contributed by atoms with van der Waals surface area (Å²) in [7, 11) is 0. The molecule has 0 aromatic carbocycles. The molecule has 224 valence electrons. The highest BCUT2D eigenvalue weighted by molar-refractivity contribution is 6.06. The number of aliphatic hydroxyl groups excluding tert-OH is 4. The van der Waals surface area contributed by atoms with Gasteiger partial charge in [0, 0.05) is 0 Å². The summed E-state index contributed by atoms with van der Waals surface area (Å²) in [5, 5.41) is 37.8. The predicted octanol–water partition coefficient (Wildman–Crippen LogP) is -2.07. The average molecular weight is 572 g/mol. The lowest BCUT2D eigenvalue weighted by molar-refractivity contribution is -0.179. The summed E-state index contributed by atoms with van der Waals surface area (Å²) in [6.07, 6.45) is 3.31. The van der Waals surface area contributed by atoms with Gasteiger partial charge in [-0.05, 0) is 27.2 Å². The molecule has 3 rings (SSSR count). The van der Waals surface area contributed by atoms with Crippen LogP contribution in [0.2, 0.25) is 0 Å². The van der Waals surface area contributed by atoms with E-state index in [0.29, 0.717) is 6.42 Å². The Morgan fingerprint density at radius 1 is 0.825 bits per heavy atom. The summed E-state index contributed by atoms with van der Waals surface area (Å²) >= 11 is 0. The first-order valence-electron chi connectivity index (χ1n) is 12.9. The van der Waals surface area contributed by atoms with E-state index >= 15 is 0 Å². The molecule has 0 spiro atoms. The molecule has 0 aromatic heterocycles. The Balaban J connectivity index is 1.66. The number of nitrogens with zero attached hydrogens (tertiary/aromatic N) is 1. The largest absolute Gasteiger partial charge is 0.464 e. The molecule has 3 aliphatic rings. The maximum atomic E-state index is 13.1. The number of carbonyl (C=O) groups is 5. The maximum absolute atomic E-state index is 13.1. The zero-order chi connectivity index (χ0) is 29.9. The third kappa shape index (κ3) is 5.91. The number of carbonyl (C=O) groups excluding carboxylic acids is 5. The van der Waals surface area contributed by atoms with Crippen molar-refractivity contribution in [3.8, 4) is 0 Å². The molecule has 2 bridgehead atoms. The number of aliphatic hydroxyl groups is 4. The Hall–Kier alpha value is -2.91. The molecule has 14 heteroatoms. The molecule has 3 aliphatic heterocycles. The maximum Gasteiger partial charge on any atom is 0.318 e. The standard InChI is InChI=1S/C26H37NO13/c1-24(9-28,10-29)21(34)38-13-26(3,14-39-22(35)25(2,11-30)12-31)23(36)37-8-7-27-19(32)17-15-5-4-6-16(40-15)18(17)20(27)33/h4-5,15-18,28-31H,6-14H2,1-3H3/t15?,16?,17-,18+/m1/s1. The predicted molar refractivity (Wildman–Crippen MR) is 132 cm³/mol. The molecule has 0 saturated carbocycles. The van der Waals surface area contributed by atoms with E-state index in [1.54, 1.807) is 6.08 Å². The third-order valence-electron chi connectivity index (χ3n) is 7.74. The number of fused-ring (bicyclic) bond motifs is 5. The van der Waals surface area contributed by atoms with Crippen molar-refractivity contribution in [3.05, 3.63) is 12.2 Å². The molecule has 40 heavy (non-hydrogen) atoms. The van der Waals surface area contributed by atoms with Crippen LogP contribution in [0.1, 0.15) is 27.2 Å². The Bertz CT molecular complexity index is 998. The lowest BCUT2D eigenvalue weighted by Gasteiger charge is -2.31. The summed E-state index contributed by atoms with van der Waals surface area (Å²) in [6.45, 7) is -1.23. The molecule has 2 fully saturated rings. The summed E-state index contributed by atoms with van der Waals surface area (Å²) in [6, 6.07) is 0. The van der Waals surface area contributed by atoms with Crippen molar-refractivity contribution in [1.29, 1.82) is 0 Å². The second kappa shape index (κ2) is 12.3. The van der Waals surface area contributed by atoms with Crippen LogP contribution >= 0.6 is 0 Å². The number of amides is 2. The van der Waals surface area contributed by atoms with Crippen LogP contribution < -0.4 is 0 Å². The average Bonchev–Trinajstić information content (AvgIpc) is 3.37. The highest BCUT2D eigenvalue weighted by Crippen LogP contribution is 2.44. The second-order valence-corrected chi connectivity index (χ2v) is 11.3. The minimum Gasteiger partial charge on any atom is -0.464 e. The molecule has 2 amide bonds. The van der Waals surface area contributed by atoms with Gasteiger partial charge in [0.05, 0.1) is 57.0 Å². The fraction of sp³-hybridized carbons (Fsp3) is 0.731. The zero-order valence-electron chi connectivity index (χ0n) is 22.7. The van der Waals surface area contributed by atoms with Crippen LogP contribution in [0.4, 0.5) is 0 Å². The molecular weight excluding hydrogens is 534 g/mol. The van der Waals surface area contributed by atoms with Gasteiger partial charge in [-0.1, -0.05) is 12.2 Å². The lowest BCUT2D eigenvalue weighted by atomic mass is 9.90. The summed E-state index contributed by atoms with van der Waals surface area (Å²) in [5.41, 5.74) is -5.15. The van der Waals surface area contributed by atoms with Crippen LogP contribution in [0, 0.1) is 28.1 Å². The molecule has 2 saturated heterocycles. The smallest absolute Gasteiger partial charge is 0.318 e. The highest BCUT2D eigenvalue weighted by Gasteiger charge is 2.59. The number of rotatable bonds is 14. The van der Waals surface area contributed by atoms with Gasteiger partial charge >= 0.3 is 17.9 Å². The van der Waals surface area contributed by atoms with Gasteiger partial charge in [-0.3, -0.25) is 28.9 Å². The second-order valence-electron chi connectivity index (χ2n) is 11.3. The number of imide groups is 1. The van der Waals surface area contributed by atoms with Gasteiger partial charge in [-0.15, -0.1) is 0 Å². The summed E-state index contributed by atoms with van der Waals surface area (Å²) in [5.74, 6) is -5.12. The summed E-state index contributed by atoms with van der Waals surface area (Å²) < 4.78 is 21.4. The van der Waals surface area contributed by atoms with Gasteiger partial charge in [0.1, 0.15) is 36.1 Å². The van der Waals surface area contributed by atoms with Crippen molar-refractivity contribution in [2.24, 2.45) is 28.1 Å². The molecule has 14 nitrogen and oxygen atoms in total. The van der Waals surface area contributed by atoms with Gasteiger partial charge < -0.3 is 39.4 Å². The Kier molecular flexibility index (Phi) is 9.73. The van der Waals surface area contributed by atoms with Crippen molar-refractivity contribution in [3.63, 3.8) is 0 Å². The van der Waals surface area contributed by atoms with Crippen LogP contribution in [0.3, 0.4) is 0 Å². The minimum absolute atomic E-state index is 0.227. The van der Waals surface area contributed by atoms with E-state index in [0.717, 1.165) is 4.90 Å². The zero-order valence-corrected chi connectivity index (χ0v) is 22.7. The van der Waals surface area contributed by atoms with Gasteiger partial charge in [-0.2, -0.15) is 0 Å². The topological polar surface area (TPSA) is 206 Å². The van der Waals surface area contributed by atoms with Gasteiger partial charge in [0.25, 0.3) is 0 Å². The molecule has 2 unspecified atom stereocenters. The van der Waals surface area contributed by atoms with E-state index in [2.05, 4.69) is 0 Å². The SMILES string of the molecule is CC(CO)(CO)C(=O)OCC(C)(COC(=O)C(C)(CO)CO)C(=O)OCCN1C(=O)[C@@H]2C3C=CCC(O3)[C@@H]2C1=O. The normalized spacial score (nSPS) is 24.2. The molecule has 0 aromatic rings. The monoisotopic (exact) mass is 571 g/mol. The fourth-order valence-corrected chi connectivity index (χ4v) is 4.54. The fourth-order valence-electron chi connectivity index (χ4n) is 4.54. The van der Waals surface area contributed by atoms with Crippen LogP contribution in [0.25, 0.3) is 0 Å². The van der Waals surface area contributed by atoms with E-state index in [1.807, 2.05) is 6.08 Å². The molecule has 0 radical (unpaired) electrons. The Labute approximate surface area is 230 Å². The first-order valence-corrected chi connectivity index (χ1v) is 12.9. The van der Waals surface area contributed by atoms with E-state index in [1.165, 1.54) is 20.8 Å². The quantitative estimate of drug-likeness (QED) is 0.0766. The first-order chi connectivity index (χ1) is 18.8. The number of hydrogen-bond acceptors (Lipinski definition) is 13. The van der Waals surface area contributed by atoms with Gasteiger partial charge in [-0.25, -0.2) is 0 Å². The van der Waals surface area contributed by atoms with E-state index in [4.69, 9.17) is 18.9 Å². The van der Waals surface area contributed by atoms with Crippen molar-refractivity contribution in [1.82, 2.24) is 4.90 Å². The third-order valence-corrected chi connectivity index (χ3v) is 7.74. The van der Waals surface area contributed by atoms with Crippen LogP contribution in [-0.2, 0) is 42.9 Å². The van der Waals surface area contributed by atoms with Gasteiger partial charge in [0.2, 0.25) is 11.8 Å². The lowest BCUT2D eigenvalue weighted by Crippen LogP contribution is -2.46. The number of ether oxygens (including phenoxy) is 4. The van der Waals surface area contributed by atoms with Crippen LogP contribution in [0.15, 0.2) is 12.2 Å². The highest BCUT2D eigenvalue weighted by atomic mass is 16.6. The number of likely N-dealkylation sites (tertiary alicyclic amines) is 1. The molecule has 0 aliphatic carbocycles. The van der Waals surface area contributed by atoms with Gasteiger partial charge in [0.15, 0.2) is 0 Å². The summed E-state index contributed by atoms with van der Waals surface area (Å²) in [4.78, 5) is 64.9. The van der Waals surface area contributed by atoms with E-state index in [9.17, 15) is 44.4 Å². The first kappa shape index (κ1) is 31.6. The Morgan fingerprint density at radius 2 is 1.30 bits per heavy atom. The molecule has 4 N–H and O–H groups in total. The van der Waals surface area contributed by atoms with Crippen molar-refractivity contribution >= 4 is 29.7 Å². The molecule has 3 heterocycles. The van der Waals surface area contributed by atoms with Crippen molar-refractivity contribution < 1.29 is 63.3 Å². The van der Waals surface area contributed by atoms with E-state index < -0.39 is 110 Å². The number of hydrogen-bond donors (Lipinski definition) is 4. The number of esters is 3. The van der Waals surface area contributed by atoms with Crippen molar-refractivity contribution in [2.75, 3.05) is 52.8 Å². The van der Waals surface area contributed by atoms with E-state index in [-0.39, 0.29) is 12.6 Å². The molecule has 4 atom stereocenters. The molecular formula is C26H37NO13. The Morgan fingerprint density at radius 3 is 1.80 bits per heavy atom. The van der Waals surface area contributed by atoms with Crippen LogP contribution in [0.5, 0.6) is 0 Å². The van der Waals surface area contributed by atoms with Crippen LogP contribution in [-0.4, -0.2) is 120 Å². The van der Waals surface area contributed by atoms with Crippen molar-refractivity contribution in [2.45, 2.75) is 39.4 Å². The minimum atomic E-state index is -1.81.